The van der Waals surface area contributed by atoms with Gasteiger partial charge in [0.25, 0.3) is 10.0 Å². The number of hydrogen-bond donors (Lipinski definition) is 2. The molecule has 0 radical (unpaired) electrons. The molecule has 0 aromatic carbocycles. The SMILES string of the molecule is CC1=C(S(=O)(=O)N(C(=O)C[C@@H](C)CC(N)=O)C2CCCNCC2=O)N(C)CO1. The second-order valence-electron chi connectivity index (χ2n) is 7.31. The Morgan fingerprint density at radius 3 is 2.64 bits per heavy atom. The van der Waals surface area contributed by atoms with Crippen molar-refractivity contribution in [2.24, 2.45) is 11.7 Å². The summed E-state index contributed by atoms with van der Waals surface area (Å²) in [6.45, 7) is 3.74. The number of amides is 2. The van der Waals surface area contributed by atoms with Crippen molar-refractivity contribution in [3.8, 4) is 0 Å². The number of ketones is 1. The third-order valence-corrected chi connectivity index (χ3v) is 6.79. The lowest BCUT2D eigenvalue weighted by molar-refractivity contribution is -0.134. The molecular weight excluding hydrogens is 388 g/mol. The van der Waals surface area contributed by atoms with Crippen LogP contribution in [0, 0.1) is 5.92 Å². The maximum absolute atomic E-state index is 13.4. The number of sulfonamides is 1. The summed E-state index contributed by atoms with van der Waals surface area (Å²) in [6.07, 6.45) is 0.523. The van der Waals surface area contributed by atoms with E-state index >= 15 is 0 Å². The van der Waals surface area contributed by atoms with Crippen LogP contribution in [0.25, 0.3) is 0 Å². The lowest BCUT2D eigenvalue weighted by Gasteiger charge is -2.31. The molecule has 0 aromatic heterocycles. The Balaban J connectivity index is 2.43. The normalized spacial score (nSPS) is 21.9. The standard InChI is InChI=1S/C17H28N4O6S/c1-11(7-15(18)23)8-16(24)21(13-5-4-6-19-9-14(13)22)28(25,26)17-12(2)27-10-20(17)3/h11,13,19H,4-10H2,1-3H3,(H2,18,23)/t11-,13?/m0/s1. The van der Waals surface area contributed by atoms with E-state index < -0.39 is 33.8 Å². The molecule has 28 heavy (non-hydrogen) atoms. The van der Waals surface area contributed by atoms with Crippen LogP contribution >= 0.6 is 0 Å². The number of rotatable bonds is 7. The van der Waals surface area contributed by atoms with E-state index in [9.17, 15) is 22.8 Å². The number of allylic oxidation sites excluding steroid dienone is 1. The van der Waals surface area contributed by atoms with E-state index in [1.54, 1.807) is 6.92 Å². The van der Waals surface area contributed by atoms with Gasteiger partial charge in [0.05, 0.1) is 6.54 Å². The number of Topliss-reactive ketones (excluding diaryl/α,β-unsaturated/α-hetero) is 1. The van der Waals surface area contributed by atoms with E-state index in [-0.39, 0.29) is 49.1 Å². The van der Waals surface area contributed by atoms with E-state index in [2.05, 4.69) is 5.32 Å². The third-order valence-electron chi connectivity index (χ3n) is 4.73. The summed E-state index contributed by atoms with van der Waals surface area (Å²) in [5, 5.41) is 2.80. The Kier molecular flexibility index (Phi) is 7.05. The van der Waals surface area contributed by atoms with Gasteiger partial charge in [0.15, 0.2) is 17.5 Å². The number of nitrogens with one attached hydrogen (secondary N) is 1. The molecular formula is C17H28N4O6S. The van der Waals surface area contributed by atoms with Gasteiger partial charge in [0.2, 0.25) is 11.8 Å². The first-order valence-corrected chi connectivity index (χ1v) is 10.6. The fraction of sp³-hybridized carbons (Fsp3) is 0.706. The minimum absolute atomic E-state index is 0.00875. The molecule has 158 valence electrons. The smallest absolute Gasteiger partial charge is 0.286 e. The number of ether oxygens (including phenoxy) is 1. The molecule has 10 nitrogen and oxygen atoms in total. The molecule has 2 aliphatic heterocycles. The lowest BCUT2D eigenvalue weighted by Crippen LogP contribution is -2.51. The van der Waals surface area contributed by atoms with Crippen LogP contribution in [0.4, 0.5) is 0 Å². The Morgan fingerprint density at radius 1 is 1.39 bits per heavy atom. The van der Waals surface area contributed by atoms with Gasteiger partial charge in [-0.1, -0.05) is 6.92 Å². The molecule has 0 spiro atoms. The maximum atomic E-state index is 13.4. The first kappa shape index (κ1) is 22.2. The van der Waals surface area contributed by atoms with Crippen molar-refractivity contribution < 1.29 is 27.5 Å². The van der Waals surface area contributed by atoms with Crippen molar-refractivity contribution >= 4 is 27.6 Å². The van der Waals surface area contributed by atoms with Gasteiger partial charge in [-0.3, -0.25) is 14.4 Å². The average Bonchev–Trinajstić information content (AvgIpc) is 2.77. The highest BCUT2D eigenvalue weighted by Gasteiger charge is 2.44. The zero-order chi connectivity index (χ0) is 21.1. The number of hydrogen-bond acceptors (Lipinski definition) is 8. The molecule has 0 aromatic rings. The highest BCUT2D eigenvalue weighted by Crippen LogP contribution is 2.30. The van der Waals surface area contributed by atoms with Crippen molar-refractivity contribution in [3.63, 3.8) is 0 Å². The fourth-order valence-corrected chi connectivity index (χ4v) is 5.45. The summed E-state index contributed by atoms with van der Waals surface area (Å²) in [4.78, 5) is 38.2. The second kappa shape index (κ2) is 8.91. The van der Waals surface area contributed by atoms with Crippen LogP contribution in [0.15, 0.2) is 10.8 Å². The molecule has 2 rings (SSSR count). The van der Waals surface area contributed by atoms with Crippen LogP contribution in [0.2, 0.25) is 0 Å². The molecule has 3 N–H and O–H groups in total. The van der Waals surface area contributed by atoms with E-state index in [4.69, 9.17) is 10.5 Å². The first-order valence-electron chi connectivity index (χ1n) is 9.19. The van der Waals surface area contributed by atoms with Crippen molar-refractivity contribution in [2.45, 2.75) is 45.6 Å². The number of carbonyl (C=O) groups excluding carboxylic acids is 3. The Morgan fingerprint density at radius 2 is 2.07 bits per heavy atom. The molecule has 1 saturated heterocycles. The maximum Gasteiger partial charge on any atom is 0.286 e. The van der Waals surface area contributed by atoms with Crippen molar-refractivity contribution in [1.29, 1.82) is 0 Å². The first-order chi connectivity index (χ1) is 13.1. The highest BCUT2D eigenvalue weighted by atomic mass is 32.2. The molecule has 2 amide bonds. The summed E-state index contributed by atoms with van der Waals surface area (Å²) >= 11 is 0. The number of nitrogens with zero attached hydrogens (tertiary/aromatic N) is 2. The molecule has 1 unspecified atom stereocenters. The van der Waals surface area contributed by atoms with Crippen LogP contribution in [0.5, 0.6) is 0 Å². The Hall–Kier alpha value is -2.14. The molecule has 2 heterocycles. The van der Waals surface area contributed by atoms with Crippen LogP contribution in [-0.2, 0) is 29.1 Å². The minimum atomic E-state index is -4.32. The van der Waals surface area contributed by atoms with E-state index in [1.165, 1.54) is 18.9 Å². The molecule has 1 fully saturated rings. The summed E-state index contributed by atoms with van der Waals surface area (Å²) in [7, 11) is -2.78. The lowest BCUT2D eigenvalue weighted by atomic mass is 10.0. The van der Waals surface area contributed by atoms with Gasteiger partial charge in [-0.25, -0.2) is 4.31 Å². The van der Waals surface area contributed by atoms with Gasteiger partial charge in [0.1, 0.15) is 11.8 Å². The Bertz CT molecular complexity index is 779. The topological polar surface area (TPSA) is 139 Å². The fourth-order valence-electron chi connectivity index (χ4n) is 3.49. The van der Waals surface area contributed by atoms with Crippen LogP contribution in [0.1, 0.15) is 39.5 Å². The van der Waals surface area contributed by atoms with Crippen molar-refractivity contribution in [1.82, 2.24) is 14.5 Å². The van der Waals surface area contributed by atoms with Gasteiger partial charge < -0.3 is 20.7 Å². The summed E-state index contributed by atoms with van der Waals surface area (Å²) in [5.74, 6) is -1.95. The van der Waals surface area contributed by atoms with Crippen molar-refractivity contribution in [3.05, 3.63) is 10.8 Å². The van der Waals surface area contributed by atoms with Gasteiger partial charge >= 0.3 is 0 Å². The third kappa shape index (κ3) is 4.82. The predicted octanol–water partition coefficient (Wildman–Crippen LogP) is -0.524. The largest absolute Gasteiger partial charge is 0.475 e. The molecule has 11 heteroatoms. The molecule has 2 aliphatic rings. The van der Waals surface area contributed by atoms with Crippen LogP contribution in [0.3, 0.4) is 0 Å². The van der Waals surface area contributed by atoms with Gasteiger partial charge in [-0.2, -0.15) is 8.42 Å². The van der Waals surface area contributed by atoms with Gasteiger partial charge in [-0.05, 0) is 32.2 Å². The monoisotopic (exact) mass is 416 g/mol. The average molecular weight is 417 g/mol. The molecule has 0 saturated carbocycles. The van der Waals surface area contributed by atoms with Crippen molar-refractivity contribution in [2.75, 3.05) is 26.9 Å². The zero-order valence-electron chi connectivity index (χ0n) is 16.4. The molecule has 2 atom stereocenters. The van der Waals surface area contributed by atoms with E-state index in [0.29, 0.717) is 17.3 Å². The summed E-state index contributed by atoms with van der Waals surface area (Å²) < 4.78 is 32.8. The van der Waals surface area contributed by atoms with E-state index in [1.807, 2.05) is 0 Å². The van der Waals surface area contributed by atoms with Gasteiger partial charge in [0, 0.05) is 19.9 Å². The Labute approximate surface area is 165 Å². The van der Waals surface area contributed by atoms with E-state index in [0.717, 1.165) is 0 Å². The summed E-state index contributed by atoms with van der Waals surface area (Å²) in [5.41, 5.74) is 5.18. The molecule has 0 aliphatic carbocycles. The van der Waals surface area contributed by atoms with Crippen LogP contribution in [-0.4, -0.2) is 68.1 Å². The highest BCUT2D eigenvalue weighted by molar-refractivity contribution is 7.93. The number of carbonyl (C=O) groups is 3. The minimum Gasteiger partial charge on any atom is -0.475 e. The zero-order valence-corrected chi connectivity index (χ0v) is 17.3. The number of nitrogens with two attached hydrogens (primary N) is 1. The number of primary amides is 1. The predicted molar refractivity (Wildman–Crippen MR) is 101 cm³/mol. The van der Waals surface area contributed by atoms with Gasteiger partial charge in [-0.15, -0.1) is 0 Å². The molecule has 0 bridgehead atoms. The summed E-state index contributed by atoms with van der Waals surface area (Å²) in [6, 6.07) is -1.09. The van der Waals surface area contributed by atoms with Crippen LogP contribution < -0.4 is 11.1 Å². The quantitative estimate of drug-likeness (QED) is 0.565. The second-order valence-corrected chi connectivity index (χ2v) is 9.04.